The predicted octanol–water partition coefficient (Wildman–Crippen LogP) is 5.34. The van der Waals surface area contributed by atoms with Gasteiger partial charge in [-0.1, -0.05) is 71.6 Å². The first kappa shape index (κ1) is 58.6. The van der Waals surface area contributed by atoms with Gasteiger partial charge in [0.1, 0.15) is 12.2 Å². The quantitative estimate of drug-likeness (QED) is 0.0716. The molecule has 0 saturated carbocycles. The maximum absolute atomic E-state index is 12.8. The Bertz CT molecular complexity index is 1520. The average Bonchev–Trinajstić information content (AvgIpc) is 3.16. The molecule has 0 saturated heterocycles. The van der Waals surface area contributed by atoms with Crippen molar-refractivity contribution in [2.24, 2.45) is 46.3 Å². The number of aliphatic carboxylic acids is 2. The first-order valence-electron chi connectivity index (χ1n) is 22.6. The van der Waals surface area contributed by atoms with Crippen LogP contribution in [0.1, 0.15) is 140 Å². The number of carbonyl (C=O) groups excluding carboxylic acids is 3. The molecule has 368 valence electrons. The number of allylic oxidation sites excluding steroid dienone is 4. The lowest BCUT2D eigenvalue weighted by atomic mass is 9.66. The smallest absolute Gasteiger partial charge is 0.311 e. The van der Waals surface area contributed by atoms with Crippen molar-refractivity contribution in [2.45, 2.75) is 189 Å². The highest BCUT2D eigenvalue weighted by atomic mass is 16.6. The van der Waals surface area contributed by atoms with Crippen molar-refractivity contribution in [3.8, 4) is 0 Å². The van der Waals surface area contributed by atoms with Gasteiger partial charge >= 0.3 is 17.9 Å². The second-order valence-electron chi connectivity index (χ2n) is 19.5. The summed E-state index contributed by atoms with van der Waals surface area (Å²) in [6.45, 7) is 15.4. The summed E-state index contributed by atoms with van der Waals surface area (Å²) in [7, 11) is 0. The Labute approximate surface area is 381 Å². The molecular weight excluding hydrogens is 827 g/mol. The molecule has 4 aliphatic rings. The fourth-order valence-electron chi connectivity index (χ4n) is 9.05. The van der Waals surface area contributed by atoms with Crippen molar-refractivity contribution >= 4 is 23.9 Å². The summed E-state index contributed by atoms with van der Waals surface area (Å²) in [5.74, 6) is -2.60. The number of carbonyl (C=O) groups is 4. The van der Waals surface area contributed by atoms with Crippen molar-refractivity contribution in [3.05, 3.63) is 47.6 Å². The van der Waals surface area contributed by atoms with E-state index in [1.165, 1.54) is 0 Å². The maximum atomic E-state index is 12.8. The van der Waals surface area contributed by atoms with Crippen LogP contribution in [-0.4, -0.2) is 108 Å². The Balaban J connectivity index is 0.000000621. The summed E-state index contributed by atoms with van der Waals surface area (Å²) in [6, 6.07) is 0. The second kappa shape index (κ2) is 26.0. The summed E-state index contributed by atoms with van der Waals surface area (Å²) in [4.78, 5) is 46.8. The summed E-state index contributed by atoms with van der Waals surface area (Å²) in [5.41, 5.74) is 0.687. The molecular formula is C49H83NO14. The number of aliphatic hydroxyl groups excluding tert-OH is 6. The van der Waals surface area contributed by atoms with E-state index in [0.717, 1.165) is 11.1 Å². The molecule has 15 nitrogen and oxygen atoms in total. The molecule has 0 unspecified atom stereocenters. The summed E-state index contributed by atoms with van der Waals surface area (Å²) in [5, 5.41) is 80.2. The number of hydrogen-bond donors (Lipinski definition) is 8. The molecule has 0 heterocycles. The number of ether oxygens (including phenoxy) is 2. The molecule has 0 aromatic carbocycles. The van der Waals surface area contributed by atoms with Gasteiger partial charge in [-0.3, -0.25) is 14.4 Å². The largest absolute Gasteiger partial charge is 0.550 e. The zero-order valence-electron chi connectivity index (χ0n) is 39.0. The van der Waals surface area contributed by atoms with Gasteiger partial charge in [0.05, 0.1) is 53.9 Å². The zero-order valence-corrected chi connectivity index (χ0v) is 39.0. The van der Waals surface area contributed by atoms with Gasteiger partial charge in [-0.25, -0.2) is 0 Å². The molecule has 0 fully saturated rings. The SMILES string of the molecule is C.CCC(C)(C)C(=O)O[C@H]1C[C@@H](O)C=C2C=C[C@H](C)[C@H](CC[C@@H](O)C[C@@H](O)CC(=O)O)[C@H]21.CCC(C)(C)C(=O)O[C@H]1C[C@@H](O)C=C2C=C[C@H](C)[C@H](CC[C@@H](O)C[C@@H](O)CC(=O)[O-])[C@H]21.[NH4+]. The van der Waals surface area contributed by atoms with E-state index in [2.05, 4.69) is 26.0 Å². The van der Waals surface area contributed by atoms with Crippen molar-refractivity contribution in [1.29, 1.82) is 0 Å². The monoisotopic (exact) mass is 910 g/mol. The minimum Gasteiger partial charge on any atom is -0.550 e. The minimum absolute atomic E-state index is 0. The number of fused-ring (bicyclic) bond motifs is 2. The molecule has 14 atom stereocenters. The van der Waals surface area contributed by atoms with Crippen LogP contribution < -0.4 is 11.3 Å². The molecule has 64 heavy (non-hydrogen) atoms. The van der Waals surface area contributed by atoms with E-state index in [-0.39, 0.29) is 73.9 Å². The predicted molar refractivity (Wildman–Crippen MR) is 242 cm³/mol. The number of quaternary nitrogens is 1. The van der Waals surface area contributed by atoms with Crippen LogP contribution in [0.3, 0.4) is 0 Å². The highest BCUT2D eigenvalue weighted by Crippen LogP contribution is 2.46. The third-order valence-electron chi connectivity index (χ3n) is 13.7. The highest BCUT2D eigenvalue weighted by Gasteiger charge is 2.45. The van der Waals surface area contributed by atoms with Gasteiger partial charge in [-0.05, 0) is 114 Å². The third-order valence-corrected chi connectivity index (χ3v) is 13.7. The number of carboxylic acids is 2. The Morgan fingerprint density at radius 1 is 0.688 bits per heavy atom. The molecule has 0 radical (unpaired) electrons. The van der Waals surface area contributed by atoms with Gasteiger partial charge < -0.3 is 61.3 Å². The van der Waals surface area contributed by atoms with Crippen LogP contribution in [0.5, 0.6) is 0 Å². The lowest BCUT2D eigenvalue weighted by molar-refractivity contribution is -0.307. The van der Waals surface area contributed by atoms with E-state index >= 15 is 0 Å². The van der Waals surface area contributed by atoms with Crippen LogP contribution in [0.2, 0.25) is 0 Å². The van der Waals surface area contributed by atoms with Crippen LogP contribution in [0, 0.1) is 46.3 Å². The molecule has 0 aromatic rings. The van der Waals surface area contributed by atoms with Gasteiger partial charge in [0.25, 0.3) is 0 Å². The first-order chi connectivity index (χ1) is 28.9. The standard InChI is InChI=1S/2C24H38O7.CH4.H3N/c2*1-5-24(3,4)23(30)31-20-12-17(26)10-15-7-6-14(2)19(22(15)20)9-8-16(25)11-18(27)13-21(28)29;;/h2*6-7,10,14,16-20,22,25-27H,5,8-9,11-13H2,1-4H3,(H,28,29);1H4;1H3/t2*14-,16+,17-,18+,19-,20-,22-;;/m00../s1. The fraction of sp³-hybridized carbons (Fsp3) is 0.755. The lowest BCUT2D eigenvalue weighted by Gasteiger charge is -2.43. The molecule has 0 bridgehead atoms. The van der Waals surface area contributed by atoms with E-state index in [0.29, 0.717) is 51.4 Å². The topological polar surface area (TPSA) is 288 Å². The molecule has 0 aliphatic heterocycles. The Kier molecular flexibility index (Phi) is 23.8. The molecule has 11 N–H and O–H groups in total. The molecule has 4 rings (SSSR count). The minimum atomic E-state index is -1.35. The molecule has 0 spiro atoms. The second-order valence-corrected chi connectivity index (χ2v) is 19.5. The van der Waals surface area contributed by atoms with Crippen molar-refractivity contribution in [1.82, 2.24) is 6.15 Å². The highest BCUT2D eigenvalue weighted by molar-refractivity contribution is 5.76. The first-order valence-corrected chi connectivity index (χ1v) is 22.6. The summed E-state index contributed by atoms with van der Waals surface area (Å²) in [6.07, 6.45) is 8.75. The normalized spacial score (nSPS) is 29.2. The summed E-state index contributed by atoms with van der Waals surface area (Å²) >= 11 is 0. The number of hydrogen-bond acceptors (Lipinski definition) is 13. The van der Waals surface area contributed by atoms with Crippen molar-refractivity contribution in [2.75, 3.05) is 0 Å². The van der Waals surface area contributed by atoms with Gasteiger partial charge in [0.15, 0.2) is 0 Å². The molecule has 15 heteroatoms. The van der Waals surface area contributed by atoms with E-state index in [9.17, 15) is 54.9 Å². The average molecular weight is 910 g/mol. The lowest BCUT2D eigenvalue weighted by Crippen LogP contribution is -2.44. The van der Waals surface area contributed by atoms with Gasteiger partial charge in [0.2, 0.25) is 0 Å². The van der Waals surface area contributed by atoms with Crippen LogP contribution in [0.4, 0.5) is 0 Å². The number of aliphatic hydroxyl groups is 6. The van der Waals surface area contributed by atoms with Crippen LogP contribution in [0.15, 0.2) is 47.6 Å². The van der Waals surface area contributed by atoms with E-state index in [1.54, 1.807) is 0 Å². The fourth-order valence-corrected chi connectivity index (χ4v) is 9.05. The van der Waals surface area contributed by atoms with E-state index in [1.807, 2.05) is 65.8 Å². The Hall–Kier alpha value is -3.44. The maximum Gasteiger partial charge on any atom is 0.311 e. The van der Waals surface area contributed by atoms with Gasteiger partial charge in [0, 0.05) is 37.1 Å². The number of carboxylic acid groups (broad SMARTS) is 2. The van der Waals surface area contributed by atoms with Gasteiger partial charge in [-0.15, -0.1) is 0 Å². The van der Waals surface area contributed by atoms with Crippen LogP contribution in [-0.2, 0) is 28.7 Å². The zero-order chi connectivity index (χ0) is 46.7. The molecule has 0 aromatic heterocycles. The summed E-state index contributed by atoms with van der Waals surface area (Å²) < 4.78 is 11.9. The Morgan fingerprint density at radius 2 is 1.05 bits per heavy atom. The van der Waals surface area contributed by atoms with Crippen molar-refractivity contribution < 1.29 is 69.5 Å². The van der Waals surface area contributed by atoms with Gasteiger partial charge in [-0.2, -0.15) is 0 Å². The number of rotatable bonds is 20. The van der Waals surface area contributed by atoms with E-state index in [4.69, 9.17) is 14.6 Å². The van der Waals surface area contributed by atoms with Crippen molar-refractivity contribution in [3.63, 3.8) is 0 Å². The van der Waals surface area contributed by atoms with Crippen LogP contribution in [0.25, 0.3) is 0 Å². The van der Waals surface area contributed by atoms with Crippen LogP contribution >= 0.6 is 0 Å². The number of esters is 2. The molecule has 4 aliphatic carbocycles. The third kappa shape index (κ3) is 17.1. The molecule has 0 amide bonds. The van der Waals surface area contributed by atoms with E-state index < -0.39 is 84.4 Å². The Morgan fingerprint density at radius 3 is 1.38 bits per heavy atom.